The first-order chi connectivity index (χ1) is 38.8. The van der Waals surface area contributed by atoms with Crippen LogP contribution in [0.2, 0.25) is 0 Å². The maximum absolute atomic E-state index is 2.57. The average molecular weight is 1030 g/mol. The van der Waals surface area contributed by atoms with Crippen LogP contribution in [0, 0.1) is 13.8 Å². The largest absolute Gasteiger partial charge is 0.309 e. The molecule has 0 spiro atoms. The maximum atomic E-state index is 2.57. The van der Waals surface area contributed by atoms with Gasteiger partial charge in [-0.1, -0.05) is 199 Å². The van der Waals surface area contributed by atoms with E-state index in [0.29, 0.717) is 0 Å². The fraction of sp³-hybridized carbons (Fsp3) is 0.132. The lowest BCUT2D eigenvalue weighted by molar-refractivity contribution is 0.590. The van der Waals surface area contributed by atoms with Crippen LogP contribution in [0.15, 0.2) is 231 Å². The second kappa shape index (κ2) is 17.6. The third kappa shape index (κ3) is 7.07. The molecule has 0 amide bonds. The molecule has 0 radical (unpaired) electrons. The van der Waals surface area contributed by atoms with Gasteiger partial charge in [-0.3, -0.25) is 0 Å². The molecule has 0 aliphatic carbocycles. The van der Waals surface area contributed by atoms with E-state index in [1.54, 1.807) is 0 Å². The van der Waals surface area contributed by atoms with Crippen molar-refractivity contribution in [2.24, 2.45) is 0 Å². The van der Waals surface area contributed by atoms with Crippen LogP contribution in [0.5, 0.6) is 0 Å². The van der Waals surface area contributed by atoms with Crippen LogP contribution in [-0.2, 0) is 10.8 Å². The molecular weight excluding hydrogens is 969 g/mol. The van der Waals surface area contributed by atoms with Gasteiger partial charge in [0.25, 0.3) is 0 Å². The van der Waals surface area contributed by atoms with E-state index in [-0.39, 0.29) is 10.8 Å². The summed E-state index contributed by atoms with van der Waals surface area (Å²) in [4.78, 5) is 5.09. The van der Waals surface area contributed by atoms with E-state index in [1.807, 2.05) is 0 Å². The standard InChI is InChI=1S/C76H62N4/c1-47-23-15-19-31-61(47)77(65-39-35-51(75(3,4)5)43-57(65)49-25-11-9-12-26-49)67-41-37-53-59-45-70-60(46-69(59)79-63-33-21-17-29-55(63)71(67)73(53)79)54-38-42-68(72-56-30-18-22-34-64(56)80(70)74(54)72)78(62-32-20-16-24-48(62)2)66-40-36-52(76(6,7)8)44-58(66)50-27-13-10-14-28-50/h9-46H,1-8H3. The number of aromatic nitrogens is 2. The van der Waals surface area contributed by atoms with Crippen LogP contribution < -0.4 is 9.80 Å². The monoisotopic (exact) mass is 1030 g/mol. The number of hydrogen-bond acceptors (Lipinski definition) is 2. The average Bonchev–Trinajstić information content (AvgIpc) is 2.89. The Bertz CT molecular complexity index is 4610. The SMILES string of the molecule is Cc1ccccc1N(c1ccc(C(C)(C)C)cc1-c1ccccc1)c1ccc2c3cc4c(cc3n3c5ccccc5c1c23)c1ccc(N(c2ccccc2C)c2ccc(C(C)(C)C)cc2-c2ccccc2)c2c3ccccc3n4c12. The lowest BCUT2D eigenvalue weighted by Crippen LogP contribution is -2.15. The second-order valence-electron chi connectivity index (χ2n) is 24.2. The highest BCUT2D eigenvalue weighted by Crippen LogP contribution is 2.54. The molecule has 0 aliphatic heterocycles. The van der Waals surface area contributed by atoms with Crippen molar-refractivity contribution in [1.29, 1.82) is 0 Å². The first kappa shape index (κ1) is 47.8. The molecule has 4 heterocycles. The Morgan fingerprint density at radius 3 is 1.05 bits per heavy atom. The molecule has 15 aromatic rings. The summed E-state index contributed by atoms with van der Waals surface area (Å²) in [6.07, 6.45) is 0. The smallest absolute Gasteiger partial charge is 0.0641 e. The minimum Gasteiger partial charge on any atom is -0.309 e. The first-order valence-electron chi connectivity index (χ1n) is 28.3. The van der Waals surface area contributed by atoms with E-state index in [1.165, 1.54) is 121 Å². The first-order valence-corrected chi connectivity index (χ1v) is 28.3. The minimum absolute atomic E-state index is 0.0304. The highest BCUT2D eigenvalue weighted by Gasteiger charge is 2.31. The summed E-state index contributed by atoms with van der Waals surface area (Å²) in [5, 5.41) is 9.95. The number of nitrogens with zero attached hydrogens (tertiary/aromatic N) is 4. The number of hydrogen-bond donors (Lipinski definition) is 0. The zero-order valence-electron chi connectivity index (χ0n) is 46.7. The molecule has 0 saturated heterocycles. The predicted octanol–water partition coefficient (Wildman–Crippen LogP) is 21.5. The number of rotatable bonds is 8. The minimum atomic E-state index is -0.0304. The Kier molecular flexibility index (Phi) is 10.5. The van der Waals surface area contributed by atoms with Crippen molar-refractivity contribution in [2.45, 2.75) is 66.2 Å². The topological polar surface area (TPSA) is 15.3 Å². The van der Waals surface area contributed by atoms with Gasteiger partial charge in [0.05, 0.1) is 55.8 Å². The zero-order chi connectivity index (χ0) is 54.3. The highest BCUT2D eigenvalue weighted by atomic mass is 15.2. The molecule has 0 atom stereocenters. The van der Waals surface area contributed by atoms with Gasteiger partial charge in [-0.15, -0.1) is 0 Å². The summed E-state index contributed by atoms with van der Waals surface area (Å²) >= 11 is 0. The van der Waals surface area contributed by atoms with Gasteiger partial charge in [0.1, 0.15) is 0 Å². The van der Waals surface area contributed by atoms with Gasteiger partial charge in [-0.2, -0.15) is 0 Å². The summed E-state index contributed by atoms with van der Waals surface area (Å²) < 4.78 is 5.14. The van der Waals surface area contributed by atoms with Gasteiger partial charge in [-0.25, -0.2) is 0 Å². The fourth-order valence-corrected chi connectivity index (χ4v) is 13.3. The Hall–Kier alpha value is -9.38. The summed E-state index contributed by atoms with van der Waals surface area (Å²) in [5.41, 5.74) is 24.1. The summed E-state index contributed by atoms with van der Waals surface area (Å²) in [6, 6.07) is 86.6. The molecule has 4 heteroatoms. The van der Waals surface area contributed by atoms with Gasteiger partial charge in [0.15, 0.2) is 0 Å². The quantitative estimate of drug-likeness (QED) is 0.151. The molecule has 11 aromatic carbocycles. The van der Waals surface area contributed by atoms with E-state index >= 15 is 0 Å². The molecule has 4 aromatic heterocycles. The van der Waals surface area contributed by atoms with Crippen molar-refractivity contribution in [1.82, 2.24) is 8.80 Å². The van der Waals surface area contributed by atoms with Crippen LogP contribution >= 0.6 is 0 Å². The number of aryl methyl sites for hydroxylation is 2. The van der Waals surface area contributed by atoms with Crippen molar-refractivity contribution in [3.05, 3.63) is 253 Å². The molecule has 386 valence electrons. The van der Waals surface area contributed by atoms with E-state index in [0.717, 1.165) is 34.1 Å². The Balaban J connectivity index is 1.01. The third-order valence-corrected chi connectivity index (χ3v) is 17.3. The zero-order valence-corrected chi connectivity index (χ0v) is 46.7. The Morgan fingerprint density at radius 2 is 0.650 bits per heavy atom. The van der Waals surface area contributed by atoms with Crippen molar-refractivity contribution in [3.63, 3.8) is 0 Å². The summed E-state index contributed by atoms with van der Waals surface area (Å²) in [7, 11) is 0. The Morgan fingerprint density at radius 1 is 0.287 bits per heavy atom. The maximum Gasteiger partial charge on any atom is 0.0641 e. The molecule has 0 saturated carbocycles. The number of para-hydroxylation sites is 4. The second-order valence-corrected chi connectivity index (χ2v) is 24.2. The number of fused-ring (bicyclic) bond motifs is 12. The van der Waals surface area contributed by atoms with Gasteiger partial charge in [0.2, 0.25) is 0 Å². The molecule has 0 bridgehead atoms. The van der Waals surface area contributed by atoms with Crippen molar-refractivity contribution >= 4 is 110 Å². The van der Waals surface area contributed by atoms with Gasteiger partial charge in [0, 0.05) is 65.6 Å². The Labute approximate surface area is 467 Å². The number of benzene rings is 11. The lowest BCUT2D eigenvalue weighted by atomic mass is 9.84. The fourth-order valence-electron chi connectivity index (χ4n) is 13.3. The normalized spacial score (nSPS) is 12.5. The third-order valence-electron chi connectivity index (χ3n) is 17.3. The van der Waals surface area contributed by atoms with E-state index in [9.17, 15) is 0 Å². The van der Waals surface area contributed by atoms with Crippen molar-refractivity contribution < 1.29 is 0 Å². The molecule has 4 nitrogen and oxygen atoms in total. The summed E-state index contributed by atoms with van der Waals surface area (Å²) in [5.74, 6) is 0. The molecule has 80 heavy (non-hydrogen) atoms. The van der Waals surface area contributed by atoms with Crippen molar-refractivity contribution in [3.8, 4) is 22.3 Å². The summed E-state index contributed by atoms with van der Waals surface area (Å²) in [6.45, 7) is 18.3. The molecular formula is C76H62N4. The molecule has 0 N–H and O–H groups in total. The van der Waals surface area contributed by atoms with Crippen LogP contribution in [-0.4, -0.2) is 8.80 Å². The van der Waals surface area contributed by atoms with Crippen LogP contribution in [0.4, 0.5) is 34.1 Å². The van der Waals surface area contributed by atoms with E-state index in [2.05, 4.69) is 305 Å². The van der Waals surface area contributed by atoms with Gasteiger partial charge >= 0.3 is 0 Å². The van der Waals surface area contributed by atoms with Crippen LogP contribution in [0.1, 0.15) is 63.8 Å². The van der Waals surface area contributed by atoms with Crippen LogP contribution in [0.25, 0.3) is 98.4 Å². The predicted molar refractivity (Wildman–Crippen MR) is 343 cm³/mol. The van der Waals surface area contributed by atoms with Gasteiger partial charge in [-0.05, 0) is 131 Å². The number of anilines is 6. The van der Waals surface area contributed by atoms with Gasteiger partial charge < -0.3 is 18.6 Å². The molecule has 0 aliphatic rings. The lowest BCUT2D eigenvalue weighted by Gasteiger charge is -2.31. The van der Waals surface area contributed by atoms with Crippen LogP contribution in [0.3, 0.4) is 0 Å². The highest BCUT2D eigenvalue weighted by molar-refractivity contribution is 6.32. The van der Waals surface area contributed by atoms with Crippen molar-refractivity contribution in [2.75, 3.05) is 9.80 Å². The molecule has 0 fully saturated rings. The van der Waals surface area contributed by atoms with E-state index < -0.39 is 0 Å². The molecule has 15 rings (SSSR count). The molecule has 0 unspecified atom stereocenters. The van der Waals surface area contributed by atoms with E-state index in [4.69, 9.17) is 0 Å².